The fourth-order valence-corrected chi connectivity index (χ4v) is 3.01. The minimum absolute atomic E-state index is 0.0628. The lowest BCUT2D eigenvalue weighted by molar-refractivity contribution is 0.269. The highest BCUT2D eigenvalue weighted by Crippen LogP contribution is 2.33. The van der Waals surface area contributed by atoms with Crippen LogP contribution in [0.15, 0.2) is 58.5 Å². The van der Waals surface area contributed by atoms with Crippen molar-refractivity contribution in [3.05, 3.63) is 69.6 Å². The highest BCUT2D eigenvalue weighted by molar-refractivity contribution is 5.98. The van der Waals surface area contributed by atoms with Gasteiger partial charge in [0.1, 0.15) is 5.69 Å². The van der Waals surface area contributed by atoms with Gasteiger partial charge in [0.15, 0.2) is 0 Å². The number of benzene rings is 1. The molecule has 1 aromatic carbocycles. The van der Waals surface area contributed by atoms with Crippen LogP contribution in [0.25, 0.3) is 33.2 Å². The molecule has 8 nitrogen and oxygen atoms in total. The maximum atomic E-state index is 12.4. The van der Waals surface area contributed by atoms with E-state index in [4.69, 9.17) is 0 Å². The Balaban J connectivity index is 2.05. The Hall–Kier alpha value is -3.52. The molecular weight excluding hydrogens is 334 g/mol. The number of nitrogens with one attached hydrogen (secondary N) is 2. The van der Waals surface area contributed by atoms with Crippen molar-refractivity contribution >= 4 is 10.8 Å². The Bertz CT molecular complexity index is 1190. The first-order chi connectivity index (χ1) is 12.7. The van der Waals surface area contributed by atoms with Gasteiger partial charge in [-0.15, -0.1) is 0 Å². The number of hydrogen-bond acceptors (Lipinski definition) is 5. The van der Waals surface area contributed by atoms with Gasteiger partial charge in [-0.25, -0.2) is 0 Å². The summed E-state index contributed by atoms with van der Waals surface area (Å²) in [6, 6.07) is 8.75. The number of aliphatic hydroxyl groups excluding tert-OH is 1. The van der Waals surface area contributed by atoms with Gasteiger partial charge < -0.3 is 5.11 Å². The Morgan fingerprint density at radius 1 is 1.00 bits per heavy atom. The van der Waals surface area contributed by atoms with E-state index in [2.05, 4.69) is 20.3 Å². The summed E-state index contributed by atoms with van der Waals surface area (Å²) in [6.07, 6.45) is 5.08. The summed E-state index contributed by atoms with van der Waals surface area (Å²) in [7, 11) is 0. The number of pyridine rings is 1. The van der Waals surface area contributed by atoms with Crippen molar-refractivity contribution in [1.82, 2.24) is 25.0 Å². The molecule has 26 heavy (non-hydrogen) atoms. The third-order valence-electron chi connectivity index (χ3n) is 4.16. The summed E-state index contributed by atoms with van der Waals surface area (Å²) in [5.41, 5.74) is 2.02. The van der Waals surface area contributed by atoms with E-state index < -0.39 is 0 Å². The van der Waals surface area contributed by atoms with Crippen LogP contribution in [0.1, 0.15) is 0 Å². The number of fused-ring (bicyclic) bond motifs is 1. The molecule has 4 aromatic rings. The Morgan fingerprint density at radius 3 is 2.54 bits per heavy atom. The summed E-state index contributed by atoms with van der Waals surface area (Å²) in [6.45, 7) is 0.256. The lowest BCUT2D eigenvalue weighted by atomic mass is 9.98. The van der Waals surface area contributed by atoms with Gasteiger partial charge in [-0.1, -0.05) is 12.1 Å². The zero-order valence-electron chi connectivity index (χ0n) is 13.6. The van der Waals surface area contributed by atoms with Crippen LogP contribution in [0.5, 0.6) is 0 Å². The van der Waals surface area contributed by atoms with Crippen LogP contribution >= 0.6 is 0 Å². The number of nitrogens with zero attached hydrogens (tertiary/aromatic N) is 3. The van der Waals surface area contributed by atoms with Crippen LogP contribution in [0, 0.1) is 0 Å². The maximum absolute atomic E-state index is 12.4. The molecule has 8 heteroatoms. The van der Waals surface area contributed by atoms with Gasteiger partial charge in [-0.2, -0.15) is 5.10 Å². The smallest absolute Gasteiger partial charge is 0.271 e. The van der Waals surface area contributed by atoms with Crippen LogP contribution in [0.4, 0.5) is 0 Å². The van der Waals surface area contributed by atoms with Gasteiger partial charge in [0.2, 0.25) is 0 Å². The van der Waals surface area contributed by atoms with Crippen molar-refractivity contribution in [2.24, 2.45) is 0 Å². The minimum Gasteiger partial charge on any atom is -0.394 e. The maximum Gasteiger partial charge on any atom is 0.271 e. The third kappa shape index (κ3) is 2.62. The molecular formula is C18H15N5O3. The van der Waals surface area contributed by atoms with Crippen molar-refractivity contribution < 1.29 is 5.11 Å². The fraction of sp³-hybridized carbons (Fsp3) is 0.111. The molecule has 0 atom stereocenters. The van der Waals surface area contributed by atoms with Gasteiger partial charge >= 0.3 is 0 Å². The van der Waals surface area contributed by atoms with E-state index in [0.29, 0.717) is 34.1 Å². The molecule has 0 radical (unpaired) electrons. The van der Waals surface area contributed by atoms with E-state index in [1.54, 1.807) is 41.5 Å². The summed E-state index contributed by atoms with van der Waals surface area (Å²) in [5.74, 6) is 0. The monoisotopic (exact) mass is 349 g/mol. The van der Waals surface area contributed by atoms with E-state index in [1.807, 2.05) is 12.1 Å². The lowest BCUT2D eigenvalue weighted by Gasteiger charge is -2.06. The average molecular weight is 349 g/mol. The fourth-order valence-electron chi connectivity index (χ4n) is 3.01. The Labute approximate surface area is 146 Å². The molecule has 0 spiro atoms. The molecule has 3 heterocycles. The first-order valence-corrected chi connectivity index (χ1v) is 8.02. The van der Waals surface area contributed by atoms with E-state index in [0.717, 1.165) is 5.56 Å². The predicted molar refractivity (Wildman–Crippen MR) is 96.7 cm³/mol. The third-order valence-corrected chi connectivity index (χ3v) is 4.16. The minimum atomic E-state index is -0.384. The average Bonchev–Trinajstić information content (AvgIpc) is 3.09. The molecule has 0 bridgehead atoms. The molecule has 3 N–H and O–H groups in total. The van der Waals surface area contributed by atoms with E-state index in [1.165, 1.54) is 0 Å². The van der Waals surface area contributed by atoms with Crippen molar-refractivity contribution in [3.63, 3.8) is 0 Å². The number of hydrogen-bond donors (Lipinski definition) is 3. The number of rotatable bonds is 4. The largest absolute Gasteiger partial charge is 0.394 e. The van der Waals surface area contributed by atoms with Crippen LogP contribution < -0.4 is 11.1 Å². The molecule has 0 aliphatic carbocycles. The molecule has 0 aliphatic heterocycles. The van der Waals surface area contributed by atoms with Gasteiger partial charge in [-0.05, 0) is 23.8 Å². The van der Waals surface area contributed by atoms with Crippen LogP contribution in [0.2, 0.25) is 0 Å². The first kappa shape index (κ1) is 16.0. The summed E-state index contributed by atoms with van der Waals surface area (Å²) in [5, 5.41) is 19.1. The molecule has 0 saturated carbocycles. The predicted octanol–water partition coefficient (Wildman–Crippen LogP) is 1.13. The van der Waals surface area contributed by atoms with E-state index >= 15 is 0 Å². The van der Waals surface area contributed by atoms with E-state index in [-0.39, 0.29) is 17.7 Å². The quantitative estimate of drug-likeness (QED) is 0.511. The molecule has 130 valence electrons. The Kier molecular flexibility index (Phi) is 3.94. The number of aromatic nitrogens is 5. The van der Waals surface area contributed by atoms with Crippen LogP contribution in [-0.4, -0.2) is 36.7 Å². The van der Waals surface area contributed by atoms with Crippen molar-refractivity contribution in [2.75, 3.05) is 6.61 Å². The van der Waals surface area contributed by atoms with Gasteiger partial charge in [0.05, 0.1) is 23.9 Å². The second kappa shape index (κ2) is 6.41. The van der Waals surface area contributed by atoms with Crippen LogP contribution in [0.3, 0.4) is 0 Å². The van der Waals surface area contributed by atoms with Gasteiger partial charge in [0, 0.05) is 29.7 Å². The van der Waals surface area contributed by atoms with Crippen molar-refractivity contribution in [3.8, 4) is 22.4 Å². The van der Waals surface area contributed by atoms with E-state index in [9.17, 15) is 14.7 Å². The normalized spacial score (nSPS) is 11.1. The van der Waals surface area contributed by atoms with Crippen molar-refractivity contribution in [2.45, 2.75) is 6.54 Å². The molecule has 0 amide bonds. The molecule has 0 saturated heterocycles. The van der Waals surface area contributed by atoms with Gasteiger partial charge in [-0.3, -0.25) is 29.5 Å². The first-order valence-electron chi connectivity index (χ1n) is 8.02. The Morgan fingerprint density at radius 2 is 1.77 bits per heavy atom. The molecule has 3 aromatic heterocycles. The number of aliphatic hydroxyl groups is 1. The highest BCUT2D eigenvalue weighted by Gasteiger charge is 2.17. The standard InChI is InChI=1S/C18H15N5O3/c24-9-8-23-10-14(16(22-23)11-4-6-19-7-5-11)12-2-1-3-13-15(12)18(26)21-20-17(13)25/h1-7,10,24H,8-9H2,(H,20,25)(H,21,26). The molecule has 0 unspecified atom stereocenters. The van der Waals surface area contributed by atoms with Crippen LogP contribution in [-0.2, 0) is 6.54 Å². The molecule has 0 fully saturated rings. The molecule has 4 rings (SSSR count). The lowest BCUT2D eigenvalue weighted by Crippen LogP contribution is -2.19. The van der Waals surface area contributed by atoms with Gasteiger partial charge in [0.25, 0.3) is 11.1 Å². The summed E-state index contributed by atoms with van der Waals surface area (Å²) < 4.78 is 1.62. The zero-order valence-corrected chi connectivity index (χ0v) is 13.6. The second-order valence-corrected chi connectivity index (χ2v) is 5.75. The second-order valence-electron chi connectivity index (χ2n) is 5.75. The number of H-pyrrole nitrogens is 2. The summed E-state index contributed by atoms with van der Waals surface area (Å²) in [4.78, 5) is 28.5. The number of aromatic amines is 2. The highest BCUT2D eigenvalue weighted by atomic mass is 16.3. The zero-order chi connectivity index (χ0) is 18.1. The SMILES string of the molecule is O=c1[nH][nH]c(=O)c2c(-c3cn(CCO)nc3-c3ccncc3)cccc12. The topological polar surface area (TPSA) is 117 Å². The molecule has 0 aliphatic rings. The van der Waals surface area contributed by atoms with Crippen molar-refractivity contribution in [1.29, 1.82) is 0 Å². The summed E-state index contributed by atoms with van der Waals surface area (Å²) >= 11 is 0.